The maximum Gasteiger partial charge on any atom is 0.339 e. The van der Waals surface area contributed by atoms with Gasteiger partial charge in [-0.2, -0.15) is 0 Å². The van der Waals surface area contributed by atoms with Crippen LogP contribution in [0.25, 0.3) is 22.4 Å². The number of ether oxygens (including phenoxy) is 1. The van der Waals surface area contributed by atoms with E-state index in [0.717, 1.165) is 5.56 Å². The zero-order chi connectivity index (χ0) is 20.2. The number of aliphatic hydroxyl groups is 1. The number of fused-ring (bicyclic) bond motifs is 1. The maximum atomic E-state index is 11.7. The molecule has 0 saturated heterocycles. The molecule has 0 aliphatic carbocycles. The average Bonchev–Trinajstić information content (AvgIpc) is 3.19. The van der Waals surface area contributed by atoms with Crippen molar-refractivity contribution < 1.29 is 18.7 Å². The third-order valence-electron chi connectivity index (χ3n) is 3.92. The Bertz CT molecular complexity index is 1190. The second kappa shape index (κ2) is 8.69. The normalized spacial score (nSPS) is 12.2. The monoisotopic (exact) mass is 430 g/mol. The fourth-order valence-electron chi connectivity index (χ4n) is 2.61. The topological polar surface area (TPSA) is 98.6 Å². The Balaban J connectivity index is 1.35. The molecule has 29 heavy (non-hydrogen) atoms. The molecule has 4 aromatic rings. The number of thioether (sulfide) groups is 1. The number of rotatable bonds is 7. The van der Waals surface area contributed by atoms with Crippen molar-refractivity contribution in [3.8, 4) is 17.2 Å². The molecule has 1 atom stereocenters. The van der Waals surface area contributed by atoms with Crippen molar-refractivity contribution >= 4 is 34.3 Å². The van der Waals surface area contributed by atoms with E-state index in [2.05, 4.69) is 10.2 Å². The van der Waals surface area contributed by atoms with Crippen LogP contribution in [0.4, 0.5) is 0 Å². The first-order valence-corrected chi connectivity index (χ1v) is 10.0. The average molecular weight is 431 g/mol. The molecule has 4 rings (SSSR count). The molecule has 0 amide bonds. The molecule has 0 bridgehead atoms. The third kappa shape index (κ3) is 4.79. The molecule has 1 unspecified atom stereocenters. The number of hydrogen-bond donors (Lipinski definition) is 1. The molecule has 0 aliphatic heterocycles. The van der Waals surface area contributed by atoms with Crippen LogP contribution in [-0.2, 0) is 0 Å². The SMILES string of the molecule is O=c1cc(OCC(O)CSc2nnc(-c3cccc(Cl)c3)o2)c2ccccc2o1. The Hall–Kier alpha value is -2.81. The number of aromatic nitrogens is 2. The van der Waals surface area contributed by atoms with Gasteiger partial charge in [0.05, 0.1) is 17.6 Å². The Kier molecular flexibility index (Phi) is 5.84. The van der Waals surface area contributed by atoms with E-state index in [-0.39, 0.29) is 12.4 Å². The highest BCUT2D eigenvalue weighted by molar-refractivity contribution is 7.99. The molecule has 7 nitrogen and oxygen atoms in total. The van der Waals surface area contributed by atoms with E-state index in [1.54, 1.807) is 36.4 Å². The van der Waals surface area contributed by atoms with Crippen molar-refractivity contribution in [3.05, 3.63) is 70.0 Å². The summed E-state index contributed by atoms with van der Waals surface area (Å²) in [4.78, 5) is 11.7. The van der Waals surface area contributed by atoms with Gasteiger partial charge in [0.2, 0.25) is 5.89 Å². The summed E-state index contributed by atoms with van der Waals surface area (Å²) in [6, 6.07) is 15.4. The van der Waals surface area contributed by atoms with Gasteiger partial charge in [0.1, 0.15) is 17.9 Å². The fraction of sp³-hybridized carbons (Fsp3) is 0.150. The van der Waals surface area contributed by atoms with Crippen molar-refractivity contribution in [2.45, 2.75) is 11.3 Å². The summed E-state index contributed by atoms with van der Waals surface area (Å²) in [6.07, 6.45) is -0.812. The summed E-state index contributed by atoms with van der Waals surface area (Å²) in [5.74, 6) is 0.987. The zero-order valence-corrected chi connectivity index (χ0v) is 16.5. The molecular weight excluding hydrogens is 416 g/mol. The first-order chi connectivity index (χ1) is 14.1. The molecule has 148 valence electrons. The summed E-state index contributed by atoms with van der Waals surface area (Å²) in [5, 5.41) is 19.7. The van der Waals surface area contributed by atoms with Crippen LogP contribution in [0.3, 0.4) is 0 Å². The van der Waals surface area contributed by atoms with Crippen LogP contribution in [-0.4, -0.2) is 33.8 Å². The van der Waals surface area contributed by atoms with E-state index in [1.165, 1.54) is 17.8 Å². The number of halogens is 1. The number of para-hydroxylation sites is 1. The molecule has 0 radical (unpaired) electrons. The van der Waals surface area contributed by atoms with Crippen LogP contribution >= 0.6 is 23.4 Å². The van der Waals surface area contributed by atoms with Crippen molar-refractivity contribution in [2.24, 2.45) is 0 Å². The van der Waals surface area contributed by atoms with E-state index >= 15 is 0 Å². The quantitative estimate of drug-likeness (QED) is 0.346. The van der Waals surface area contributed by atoms with Crippen molar-refractivity contribution in [2.75, 3.05) is 12.4 Å². The second-order valence-electron chi connectivity index (χ2n) is 6.09. The lowest BCUT2D eigenvalue weighted by Crippen LogP contribution is -2.20. The smallest absolute Gasteiger partial charge is 0.339 e. The standard InChI is InChI=1S/C20H15ClN2O5S/c21-13-5-3-4-12(8-13)19-22-23-20(28-19)29-11-14(24)10-26-17-9-18(25)27-16-7-2-1-6-15(16)17/h1-9,14,24H,10-11H2. The lowest BCUT2D eigenvalue weighted by Gasteiger charge is -2.12. The number of benzene rings is 2. The van der Waals surface area contributed by atoms with Crippen LogP contribution in [0.5, 0.6) is 5.75 Å². The Morgan fingerprint density at radius 2 is 1.97 bits per heavy atom. The molecule has 1 N–H and O–H groups in total. The van der Waals surface area contributed by atoms with Crippen LogP contribution in [0.15, 0.2) is 73.4 Å². The predicted octanol–water partition coefficient (Wildman–Crippen LogP) is 4.03. The third-order valence-corrected chi connectivity index (χ3v) is 5.12. The summed E-state index contributed by atoms with van der Waals surface area (Å²) in [5.41, 5.74) is 0.635. The minimum absolute atomic E-state index is 0.00423. The van der Waals surface area contributed by atoms with Gasteiger partial charge >= 0.3 is 5.63 Å². The van der Waals surface area contributed by atoms with Gasteiger partial charge in [0.25, 0.3) is 5.22 Å². The molecule has 2 aromatic carbocycles. The van der Waals surface area contributed by atoms with Crippen LogP contribution in [0.2, 0.25) is 5.02 Å². The largest absolute Gasteiger partial charge is 0.490 e. The highest BCUT2D eigenvalue weighted by Crippen LogP contribution is 2.26. The predicted molar refractivity (Wildman–Crippen MR) is 109 cm³/mol. The zero-order valence-electron chi connectivity index (χ0n) is 14.9. The van der Waals surface area contributed by atoms with Gasteiger partial charge in [0.15, 0.2) is 0 Å². The summed E-state index contributed by atoms with van der Waals surface area (Å²) in [6.45, 7) is -0.00423. The van der Waals surface area contributed by atoms with Gasteiger partial charge in [0, 0.05) is 16.3 Å². The molecule has 2 heterocycles. The molecule has 0 aliphatic rings. The summed E-state index contributed by atoms with van der Waals surface area (Å²) < 4.78 is 16.3. The fourth-order valence-corrected chi connectivity index (χ4v) is 3.47. The van der Waals surface area contributed by atoms with E-state index < -0.39 is 11.7 Å². The van der Waals surface area contributed by atoms with Gasteiger partial charge in [-0.15, -0.1) is 10.2 Å². The van der Waals surface area contributed by atoms with Crippen molar-refractivity contribution in [3.63, 3.8) is 0 Å². The molecule has 9 heteroatoms. The number of aliphatic hydroxyl groups excluding tert-OH is 1. The van der Waals surface area contributed by atoms with Gasteiger partial charge in [-0.25, -0.2) is 4.79 Å². The van der Waals surface area contributed by atoms with Gasteiger partial charge in [-0.1, -0.05) is 41.6 Å². The first-order valence-electron chi connectivity index (χ1n) is 8.64. The minimum atomic E-state index is -0.812. The van der Waals surface area contributed by atoms with E-state index in [1.807, 2.05) is 12.1 Å². The Morgan fingerprint density at radius 1 is 1.10 bits per heavy atom. The Labute approximate surface area is 174 Å². The lowest BCUT2D eigenvalue weighted by atomic mass is 10.2. The first kappa shape index (κ1) is 19.5. The highest BCUT2D eigenvalue weighted by Gasteiger charge is 2.14. The maximum absolute atomic E-state index is 11.7. The van der Waals surface area contributed by atoms with Gasteiger partial charge in [-0.3, -0.25) is 0 Å². The van der Waals surface area contributed by atoms with Crippen LogP contribution in [0.1, 0.15) is 0 Å². The van der Waals surface area contributed by atoms with Gasteiger partial charge in [-0.05, 0) is 30.3 Å². The van der Waals surface area contributed by atoms with Gasteiger partial charge < -0.3 is 18.7 Å². The molecule has 0 saturated carbocycles. The molecule has 2 aromatic heterocycles. The highest BCUT2D eigenvalue weighted by atomic mass is 35.5. The summed E-state index contributed by atoms with van der Waals surface area (Å²) >= 11 is 7.17. The molecule has 0 fully saturated rings. The van der Waals surface area contributed by atoms with E-state index in [0.29, 0.717) is 32.9 Å². The van der Waals surface area contributed by atoms with Crippen LogP contribution in [0, 0.1) is 0 Å². The second-order valence-corrected chi connectivity index (χ2v) is 7.49. The Morgan fingerprint density at radius 3 is 2.83 bits per heavy atom. The number of hydrogen-bond acceptors (Lipinski definition) is 8. The minimum Gasteiger partial charge on any atom is -0.490 e. The lowest BCUT2D eigenvalue weighted by molar-refractivity contribution is 0.127. The number of nitrogens with zero attached hydrogens (tertiary/aromatic N) is 2. The van der Waals surface area contributed by atoms with E-state index in [9.17, 15) is 9.90 Å². The van der Waals surface area contributed by atoms with Crippen molar-refractivity contribution in [1.29, 1.82) is 0 Å². The van der Waals surface area contributed by atoms with E-state index in [4.69, 9.17) is 25.2 Å². The van der Waals surface area contributed by atoms with Crippen LogP contribution < -0.4 is 10.4 Å². The van der Waals surface area contributed by atoms with Crippen molar-refractivity contribution in [1.82, 2.24) is 10.2 Å². The summed E-state index contributed by atoms with van der Waals surface area (Å²) in [7, 11) is 0. The molecular formula is C20H15ClN2O5S. The molecule has 0 spiro atoms.